The highest BCUT2D eigenvalue weighted by Gasteiger charge is 2.38. The smallest absolute Gasteiger partial charge is 0.0472 e. The Morgan fingerprint density at radius 1 is 1.14 bits per heavy atom. The Balaban J connectivity index is 1.60. The van der Waals surface area contributed by atoms with Crippen LogP contribution in [-0.4, -0.2) is 61.5 Å². The van der Waals surface area contributed by atoms with Crippen LogP contribution in [0.15, 0.2) is 0 Å². The molecular formula is C17H32N2O2. The third kappa shape index (κ3) is 4.41. The van der Waals surface area contributed by atoms with Crippen LogP contribution in [0.4, 0.5) is 0 Å². The normalized spacial score (nSPS) is 30.4. The third-order valence-corrected chi connectivity index (χ3v) is 5.65. The highest BCUT2D eigenvalue weighted by atomic mass is 16.5. The Morgan fingerprint density at radius 3 is 2.67 bits per heavy atom. The maximum atomic E-state index is 9.33. The monoisotopic (exact) mass is 296 g/mol. The summed E-state index contributed by atoms with van der Waals surface area (Å²) in [6.07, 6.45) is 9.98. The van der Waals surface area contributed by atoms with Crippen molar-refractivity contribution >= 4 is 0 Å². The van der Waals surface area contributed by atoms with Gasteiger partial charge in [-0.25, -0.2) is 0 Å². The summed E-state index contributed by atoms with van der Waals surface area (Å²) in [6, 6.07) is 1.39. The highest BCUT2D eigenvalue weighted by Crippen LogP contribution is 2.34. The molecule has 21 heavy (non-hydrogen) atoms. The molecule has 2 saturated heterocycles. The Hall–Kier alpha value is -0.160. The van der Waals surface area contributed by atoms with Crippen molar-refractivity contribution in [3.8, 4) is 0 Å². The van der Waals surface area contributed by atoms with E-state index >= 15 is 0 Å². The summed E-state index contributed by atoms with van der Waals surface area (Å²) in [6.45, 7) is 5.74. The number of likely N-dealkylation sites (tertiary alicyclic amines) is 1. The predicted molar refractivity (Wildman–Crippen MR) is 84.4 cm³/mol. The molecule has 3 aliphatic rings. The van der Waals surface area contributed by atoms with Crippen LogP contribution in [0, 0.1) is 5.41 Å². The summed E-state index contributed by atoms with van der Waals surface area (Å²) in [4.78, 5) is 2.68. The van der Waals surface area contributed by atoms with Crippen molar-refractivity contribution in [3.05, 3.63) is 0 Å². The largest absolute Gasteiger partial charge is 0.396 e. The number of piperidine rings is 1. The summed E-state index contributed by atoms with van der Waals surface area (Å²) >= 11 is 0. The van der Waals surface area contributed by atoms with Gasteiger partial charge in [-0.3, -0.25) is 4.90 Å². The zero-order valence-electron chi connectivity index (χ0n) is 13.4. The van der Waals surface area contributed by atoms with Gasteiger partial charge in [0.1, 0.15) is 0 Å². The maximum absolute atomic E-state index is 9.33. The summed E-state index contributed by atoms with van der Waals surface area (Å²) < 4.78 is 5.62. The first kappa shape index (κ1) is 15.7. The molecule has 0 amide bonds. The maximum Gasteiger partial charge on any atom is 0.0472 e. The van der Waals surface area contributed by atoms with Gasteiger partial charge in [0.25, 0.3) is 0 Å². The van der Waals surface area contributed by atoms with Crippen LogP contribution < -0.4 is 5.32 Å². The molecule has 0 spiro atoms. The van der Waals surface area contributed by atoms with Gasteiger partial charge in [-0.1, -0.05) is 6.42 Å². The summed E-state index contributed by atoms with van der Waals surface area (Å²) in [5.41, 5.74) is 0.395. The number of nitrogens with one attached hydrogen (secondary N) is 1. The first-order valence-corrected chi connectivity index (χ1v) is 8.97. The van der Waals surface area contributed by atoms with Gasteiger partial charge in [0.2, 0.25) is 0 Å². The second-order valence-corrected chi connectivity index (χ2v) is 7.40. The number of aliphatic hydroxyl groups is 1. The van der Waals surface area contributed by atoms with E-state index in [0.29, 0.717) is 18.1 Å². The molecule has 0 radical (unpaired) electrons. The molecule has 1 unspecified atom stereocenters. The van der Waals surface area contributed by atoms with Crippen LogP contribution in [0.1, 0.15) is 51.4 Å². The average Bonchev–Trinajstić information content (AvgIpc) is 3.33. The fraction of sp³-hybridized carbons (Fsp3) is 1.00. The van der Waals surface area contributed by atoms with E-state index in [-0.39, 0.29) is 0 Å². The Morgan fingerprint density at radius 2 is 1.95 bits per heavy atom. The SMILES string of the molecule is OCCC1CCCCN1CC1(CNC2CC2)CCOCC1. The van der Waals surface area contributed by atoms with Crippen LogP contribution in [0.3, 0.4) is 0 Å². The highest BCUT2D eigenvalue weighted by molar-refractivity contribution is 4.93. The predicted octanol–water partition coefficient (Wildman–Crippen LogP) is 1.77. The lowest BCUT2D eigenvalue weighted by molar-refractivity contribution is -0.0200. The summed E-state index contributed by atoms with van der Waals surface area (Å²) in [5, 5.41) is 13.1. The quantitative estimate of drug-likeness (QED) is 0.751. The molecule has 3 rings (SSSR count). The second kappa shape index (κ2) is 7.40. The molecule has 4 nitrogen and oxygen atoms in total. The number of hydrogen-bond acceptors (Lipinski definition) is 4. The molecule has 0 aromatic carbocycles. The third-order valence-electron chi connectivity index (χ3n) is 5.65. The molecule has 1 saturated carbocycles. The zero-order valence-corrected chi connectivity index (χ0v) is 13.4. The molecular weight excluding hydrogens is 264 g/mol. The summed E-state index contributed by atoms with van der Waals surface area (Å²) in [7, 11) is 0. The van der Waals surface area contributed by atoms with Crippen molar-refractivity contribution < 1.29 is 9.84 Å². The van der Waals surface area contributed by atoms with Crippen molar-refractivity contribution in [3.63, 3.8) is 0 Å². The number of ether oxygens (including phenoxy) is 1. The molecule has 0 bridgehead atoms. The molecule has 0 aromatic rings. The first-order chi connectivity index (χ1) is 10.3. The van der Waals surface area contributed by atoms with Crippen molar-refractivity contribution in [2.45, 2.75) is 63.5 Å². The van der Waals surface area contributed by atoms with Gasteiger partial charge in [-0.15, -0.1) is 0 Å². The van der Waals surface area contributed by atoms with Gasteiger partial charge >= 0.3 is 0 Å². The van der Waals surface area contributed by atoms with E-state index in [1.165, 1.54) is 58.0 Å². The van der Waals surface area contributed by atoms with E-state index in [0.717, 1.165) is 32.2 Å². The lowest BCUT2D eigenvalue weighted by Gasteiger charge is -2.45. The van der Waals surface area contributed by atoms with Crippen molar-refractivity contribution in [2.24, 2.45) is 5.41 Å². The fourth-order valence-electron chi connectivity index (χ4n) is 4.02. The van der Waals surface area contributed by atoms with Gasteiger partial charge in [-0.2, -0.15) is 0 Å². The Bertz CT molecular complexity index is 312. The molecule has 1 aliphatic carbocycles. The number of aliphatic hydroxyl groups excluding tert-OH is 1. The number of rotatable bonds is 7. The minimum atomic E-state index is 0.331. The number of hydrogen-bond donors (Lipinski definition) is 2. The molecule has 122 valence electrons. The molecule has 4 heteroatoms. The molecule has 2 N–H and O–H groups in total. The summed E-state index contributed by atoms with van der Waals surface area (Å²) in [5.74, 6) is 0. The minimum Gasteiger partial charge on any atom is -0.396 e. The van der Waals surface area contributed by atoms with E-state index in [1.807, 2.05) is 0 Å². The van der Waals surface area contributed by atoms with Crippen molar-refractivity contribution in [2.75, 3.05) is 39.5 Å². The zero-order chi connectivity index (χ0) is 14.5. The lowest BCUT2D eigenvalue weighted by Crippen LogP contribution is -2.51. The molecule has 0 aromatic heterocycles. The Kier molecular flexibility index (Phi) is 5.54. The van der Waals surface area contributed by atoms with Crippen molar-refractivity contribution in [1.82, 2.24) is 10.2 Å². The van der Waals surface area contributed by atoms with E-state index in [2.05, 4.69) is 10.2 Å². The van der Waals surface area contributed by atoms with Crippen LogP contribution in [-0.2, 0) is 4.74 Å². The van der Waals surface area contributed by atoms with Gasteiger partial charge in [0, 0.05) is 45.0 Å². The van der Waals surface area contributed by atoms with Gasteiger partial charge in [-0.05, 0) is 56.9 Å². The van der Waals surface area contributed by atoms with E-state index in [9.17, 15) is 5.11 Å². The second-order valence-electron chi connectivity index (χ2n) is 7.40. The van der Waals surface area contributed by atoms with Gasteiger partial charge < -0.3 is 15.2 Å². The molecule has 2 aliphatic heterocycles. The Labute approximate surface area is 129 Å². The van der Waals surface area contributed by atoms with Crippen molar-refractivity contribution in [1.29, 1.82) is 0 Å². The molecule has 3 fully saturated rings. The average molecular weight is 296 g/mol. The van der Waals surface area contributed by atoms with Crippen LogP contribution in [0.25, 0.3) is 0 Å². The standard InChI is InChI=1S/C17H32N2O2/c20-10-6-16-3-1-2-9-19(16)14-17(7-11-21-12-8-17)13-18-15-4-5-15/h15-16,18,20H,1-14H2. The molecule has 1 atom stereocenters. The first-order valence-electron chi connectivity index (χ1n) is 8.97. The number of nitrogens with zero attached hydrogens (tertiary/aromatic N) is 1. The fourth-order valence-corrected chi connectivity index (χ4v) is 4.02. The van der Waals surface area contributed by atoms with Crippen LogP contribution in [0.2, 0.25) is 0 Å². The van der Waals surface area contributed by atoms with E-state index in [1.54, 1.807) is 0 Å². The minimum absolute atomic E-state index is 0.331. The molecule has 2 heterocycles. The van der Waals surface area contributed by atoms with E-state index in [4.69, 9.17) is 4.74 Å². The van der Waals surface area contributed by atoms with E-state index < -0.39 is 0 Å². The van der Waals surface area contributed by atoms with Gasteiger partial charge in [0.15, 0.2) is 0 Å². The van der Waals surface area contributed by atoms with Crippen LogP contribution in [0.5, 0.6) is 0 Å². The topological polar surface area (TPSA) is 44.7 Å². The van der Waals surface area contributed by atoms with Crippen LogP contribution >= 0.6 is 0 Å². The lowest BCUT2D eigenvalue weighted by atomic mass is 9.78. The van der Waals surface area contributed by atoms with Gasteiger partial charge in [0.05, 0.1) is 0 Å².